The van der Waals surface area contributed by atoms with Crippen LogP contribution >= 0.6 is 0 Å². The lowest BCUT2D eigenvalue weighted by Gasteiger charge is -2.07. The zero-order chi connectivity index (χ0) is 19.5. The molecule has 2 N–H and O–H groups in total. The van der Waals surface area contributed by atoms with E-state index in [2.05, 4.69) is 20.7 Å². The number of anilines is 1. The number of nitrogens with one attached hydrogen (secondary N) is 2. The number of hydrogen-bond acceptors (Lipinski definition) is 4. The number of benzene rings is 1. The van der Waals surface area contributed by atoms with Gasteiger partial charge in [-0.1, -0.05) is 12.1 Å². The van der Waals surface area contributed by atoms with Crippen molar-refractivity contribution in [2.75, 3.05) is 11.9 Å². The van der Waals surface area contributed by atoms with Crippen molar-refractivity contribution in [3.05, 3.63) is 64.8 Å². The van der Waals surface area contributed by atoms with Gasteiger partial charge < -0.3 is 10.6 Å². The number of hydrogen-bond donors (Lipinski definition) is 2. The third kappa shape index (κ3) is 3.95. The molecule has 2 amide bonds. The third-order valence-corrected chi connectivity index (χ3v) is 4.59. The molecule has 1 aliphatic carbocycles. The fraction of sp³-hybridized carbons (Fsp3) is 0.300. The SMILES string of the molecule is Cc1cccc(NC(=O)NCCn2nc(-c3cccnc3)n(C3CC3)c2=O)c1. The van der Waals surface area contributed by atoms with E-state index in [1.54, 1.807) is 17.0 Å². The van der Waals surface area contributed by atoms with Gasteiger partial charge in [-0.05, 0) is 49.6 Å². The molecular weight excluding hydrogens is 356 g/mol. The van der Waals surface area contributed by atoms with Crippen LogP contribution in [0.15, 0.2) is 53.6 Å². The molecule has 0 unspecified atom stereocenters. The molecule has 8 nitrogen and oxygen atoms in total. The summed E-state index contributed by atoms with van der Waals surface area (Å²) in [6, 6.07) is 11.2. The molecule has 2 heterocycles. The van der Waals surface area contributed by atoms with Crippen molar-refractivity contribution >= 4 is 11.7 Å². The molecule has 144 valence electrons. The fourth-order valence-corrected chi connectivity index (χ4v) is 3.09. The van der Waals surface area contributed by atoms with E-state index in [0.717, 1.165) is 29.7 Å². The number of nitrogens with zero attached hydrogens (tertiary/aromatic N) is 4. The van der Waals surface area contributed by atoms with Gasteiger partial charge >= 0.3 is 11.7 Å². The van der Waals surface area contributed by atoms with Crippen molar-refractivity contribution in [2.45, 2.75) is 32.4 Å². The van der Waals surface area contributed by atoms with Crippen LogP contribution in [0.2, 0.25) is 0 Å². The van der Waals surface area contributed by atoms with E-state index in [-0.39, 0.29) is 17.8 Å². The van der Waals surface area contributed by atoms with Crippen LogP contribution in [0.5, 0.6) is 0 Å². The number of aromatic nitrogens is 4. The lowest BCUT2D eigenvalue weighted by molar-refractivity contribution is 0.251. The maximum atomic E-state index is 12.8. The normalized spacial score (nSPS) is 13.3. The van der Waals surface area contributed by atoms with Crippen molar-refractivity contribution in [1.82, 2.24) is 24.6 Å². The van der Waals surface area contributed by atoms with Gasteiger partial charge in [-0.25, -0.2) is 14.3 Å². The Hall–Kier alpha value is -3.42. The molecule has 8 heteroatoms. The van der Waals surface area contributed by atoms with Crippen LogP contribution in [0.3, 0.4) is 0 Å². The van der Waals surface area contributed by atoms with E-state index >= 15 is 0 Å². The molecule has 0 radical (unpaired) electrons. The van der Waals surface area contributed by atoms with Gasteiger partial charge in [0.2, 0.25) is 0 Å². The first-order chi connectivity index (χ1) is 13.6. The van der Waals surface area contributed by atoms with E-state index < -0.39 is 0 Å². The van der Waals surface area contributed by atoms with Crippen LogP contribution in [-0.4, -0.2) is 31.9 Å². The molecule has 4 rings (SSSR count). The van der Waals surface area contributed by atoms with Crippen LogP contribution in [0.1, 0.15) is 24.4 Å². The maximum Gasteiger partial charge on any atom is 0.346 e. The first kappa shape index (κ1) is 18.0. The Balaban J connectivity index is 1.42. The van der Waals surface area contributed by atoms with E-state index in [9.17, 15) is 9.59 Å². The van der Waals surface area contributed by atoms with E-state index in [0.29, 0.717) is 18.9 Å². The van der Waals surface area contributed by atoms with Gasteiger partial charge in [0.25, 0.3) is 0 Å². The van der Waals surface area contributed by atoms with Crippen LogP contribution in [-0.2, 0) is 6.54 Å². The highest BCUT2D eigenvalue weighted by Crippen LogP contribution is 2.36. The molecule has 1 saturated carbocycles. The summed E-state index contributed by atoms with van der Waals surface area (Å²) >= 11 is 0. The minimum absolute atomic E-state index is 0.151. The van der Waals surface area contributed by atoms with Crippen molar-refractivity contribution in [1.29, 1.82) is 0 Å². The highest BCUT2D eigenvalue weighted by atomic mass is 16.2. The minimum Gasteiger partial charge on any atom is -0.336 e. The first-order valence-electron chi connectivity index (χ1n) is 9.33. The summed E-state index contributed by atoms with van der Waals surface area (Å²) in [6.45, 7) is 2.56. The highest BCUT2D eigenvalue weighted by Gasteiger charge is 2.30. The molecule has 28 heavy (non-hydrogen) atoms. The molecular formula is C20H22N6O2. The van der Waals surface area contributed by atoms with Crippen molar-refractivity contribution in [3.8, 4) is 11.4 Å². The largest absolute Gasteiger partial charge is 0.346 e. The van der Waals surface area contributed by atoms with Gasteiger partial charge in [0.1, 0.15) is 0 Å². The summed E-state index contributed by atoms with van der Waals surface area (Å²) in [7, 11) is 0. The Kier molecular flexibility index (Phi) is 4.92. The highest BCUT2D eigenvalue weighted by molar-refractivity contribution is 5.89. The fourth-order valence-electron chi connectivity index (χ4n) is 3.09. The van der Waals surface area contributed by atoms with Gasteiger partial charge in [0, 0.05) is 36.2 Å². The quantitative estimate of drug-likeness (QED) is 0.689. The van der Waals surface area contributed by atoms with Crippen molar-refractivity contribution < 1.29 is 4.79 Å². The van der Waals surface area contributed by atoms with Gasteiger partial charge in [0.15, 0.2) is 5.82 Å². The summed E-state index contributed by atoms with van der Waals surface area (Å²) in [6.07, 6.45) is 5.36. The molecule has 0 atom stereocenters. The predicted molar refractivity (Wildman–Crippen MR) is 106 cm³/mol. The number of urea groups is 1. The summed E-state index contributed by atoms with van der Waals surface area (Å²) < 4.78 is 3.15. The lowest BCUT2D eigenvalue weighted by atomic mass is 10.2. The van der Waals surface area contributed by atoms with Crippen LogP contribution in [0.25, 0.3) is 11.4 Å². The van der Waals surface area contributed by atoms with E-state index in [4.69, 9.17) is 0 Å². The van der Waals surface area contributed by atoms with Crippen LogP contribution in [0, 0.1) is 6.92 Å². The van der Waals surface area contributed by atoms with Gasteiger partial charge in [0.05, 0.1) is 6.54 Å². The van der Waals surface area contributed by atoms with E-state index in [1.165, 1.54) is 4.68 Å². The lowest BCUT2D eigenvalue weighted by Crippen LogP contribution is -2.34. The smallest absolute Gasteiger partial charge is 0.336 e. The monoisotopic (exact) mass is 378 g/mol. The number of rotatable bonds is 6. The zero-order valence-corrected chi connectivity index (χ0v) is 15.6. The average molecular weight is 378 g/mol. The van der Waals surface area contributed by atoms with E-state index in [1.807, 2.05) is 43.3 Å². The van der Waals surface area contributed by atoms with Crippen molar-refractivity contribution in [3.63, 3.8) is 0 Å². The molecule has 0 aliphatic heterocycles. The van der Waals surface area contributed by atoms with Crippen molar-refractivity contribution in [2.24, 2.45) is 0 Å². The van der Waals surface area contributed by atoms with Gasteiger partial charge in [-0.15, -0.1) is 5.10 Å². The molecule has 0 bridgehead atoms. The maximum absolute atomic E-state index is 12.8. The van der Waals surface area contributed by atoms with Crippen LogP contribution in [0.4, 0.5) is 10.5 Å². The molecule has 3 aromatic rings. The number of carbonyl (C=O) groups excluding carboxylic acids is 1. The zero-order valence-electron chi connectivity index (χ0n) is 15.6. The molecule has 2 aromatic heterocycles. The Labute approximate surface area is 162 Å². The first-order valence-corrected chi connectivity index (χ1v) is 9.33. The summed E-state index contributed by atoms with van der Waals surface area (Å²) in [5.74, 6) is 0.629. The Morgan fingerprint density at radius 3 is 2.82 bits per heavy atom. The Bertz CT molecular complexity index is 1040. The topological polar surface area (TPSA) is 93.8 Å². The second kappa shape index (κ2) is 7.67. The van der Waals surface area contributed by atoms with Gasteiger partial charge in [-0.3, -0.25) is 9.55 Å². The standard InChI is InChI=1S/C20H22N6O2/c1-14-4-2-6-16(12-14)23-19(27)22-10-11-25-20(28)26(17-7-8-17)18(24-25)15-5-3-9-21-13-15/h2-6,9,12-13,17H,7-8,10-11H2,1H3,(H2,22,23,27). The Morgan fingerprint density at radius 2 is 2.11 bits per heavy atom. The number of aryl methyl sites for hydroxylation is 1. The number of carbonyl (C=O) groups is 1. The second-order valence-electron chi connectivity index (χ2n) is 6.92. The third-order valence-electron chi connectivity index (χ3n) is 4.59. The van der Waals surface area contributed by atoms with Crippen LogP contribution < -0.4 is 16.3 Å². The molecule has 1 fully saturated rings. The summed E-state index contributed by atoms with van der Waals surface area (Å²) in [5.41, 5.74) is 2.46. The number of amides is 2. The molecule has 0 spiro atoms. The Morgan fingerprint density at radius 1 is 1.25 bits per heavy atom. The van der Waals surface area contributed by atoms with Gasteiger partial charge in [-0.2, -0.15) is 0 Å². The second-order valence-corrected chi connectivity index (χ2v) is 6.92. The minimum atomic E-state index is -0.312. The summed E-state index contributed by atoms with van der Waals surface area (Å²) in [5, 5.41) is 10.0. The molecule has 1 aromatic carbocycles. The molecule has 0 saturated heterocycles. The average Bonchev–Trinajstić information content (AvgIpc) is 3.47. The summed E-state index contributed by atoms with van der Waals surface area (Å²) in [4.78, 5) is 29.0. The molecule has 1 aliphatic rings. The predicted octanol–water partition coefficient (Wildman–Crippen LogP) is 2.57. The number of pyridine rings is 1.